The Hall–Kier alpha value is -0.830. The van der Waals surface area contributed by atoms with Gasteiger partial charge in [-0.15, -0.1) is 0 Å². The number of hydrogen-bond donors (Lipinski definition) is 0. The van der Waals surface area contributed by atoms with Crippen molar-refractivity contribution < 1.29 is 8.42 Å². The minimum atomic E-state index is -3.01. The summed E-state index contributed by atoms with van der Waals surface area (Å²) in [5.41, 5.74) is 0. The molecule has 0 aliphatic carbocycles. The first-order chi connectivity index (χ1) is 4.98. The first-order valence-corrected chi connectivity index (χ1v) is 5.03. The molecule has 0 radical (unpaired) electrons. The fourth-order valence-corrected chi connectivity index (χ4v) is 0.719. The average molecular weight is 172 g/mol. The molecule has 0 rings (SSSR count). The highest BCUT2D eigenvalue weighted by atomic mass is 32.2. The van der Waals surface area contributed by atoms with Crippen LogP contribution in [0.4, 0.5) is 0 Å². The van der Waals surface area contributed by atoms with Crippen molar-refractivity contribution in [1.29, 1.82) is 0 Å². The van der Waals surface area contributed by atoms with E-state index in [2.05, 4.69) is 6.58 Å². The summed E-state index contributed by atoms with van der Waals surface area (Å²) in [6.07, 6.45) is 7.63. The molecule has 0 amide bonds. The second-order valence-corrected chi connectivity index (χ2v) is 4.36. The van der Waals surface area contributed by atoms with E-state index in [1.165, 1.54) is 12.3 Å². The topological polar surface area (TPSA) is 34.1 Å². The number of allylic oxidation sites excluding steroid dienone is 5. The first-order valence-electron chi connectivity index (χ1n) is 3.14. The van der Waals surface area contributed by atoms with Crippen LogP contribution < -0.4 is 0 Å². The monoisotopic (exact) mass is 172 g/mol. The molecular formula is C8H12O2S. The molecule has 0 aromatic carbocycles. The lowest BCUT2D eigenvalue weighted by atomic mass is 10.4. The fraction of sp³-hybridized carbons (Fsp3) is 0.250. The van der Waals surface area contributed by atoms with E-state index in [9.17, 15) is 8.42 Å². The second-order valence-electron chi connectivity index (χ2n) is 2.17. The molecule has 0 atom stereocenters. The Kier molecular flexibility index (Phi) is 3.82. The van der Waals surface area contributed by atoms with Crippen molar-refractivity contribution >= 4 is 9.84 Å². The van der Waals surface area contributed by atoms with Gasteiger partial charge in [0.25, 0.3) is 0 Å². The third-order valence-corrected chi connectivity index (χ3v) is 2.47. The highest BCUT2D eigenvalue weighted by molar-refractivity contribution is 7.94. The Morgan fingerprint density at radius 2 is 1.91 bits per heavy atom. The largest absolute Gasteiger partial charge is 0.224 e. The van der Waals surface area contributed by atoms with E-state index in [0.717, 1.165) is 0 Å². The third kappa shape index (κ3) is 4.56. The summed E-state index contributed by atoms with van der Waals surface area (Å²) in [6.45, 7) is 5.01. The lowest BCUT2D eigenvalue weighted by molar-refractivity contribution is 0.607. The Balaban J connectivity index is 4.49. The van der Waals surface area contributed by atoms with Gasteiger partial charge in [0, 0.05) is 11.2 Å². The van der Waals surface area contributed by atoms with Gasteiger partial charge in [0.05, 0.1) is 0 Å². The Bertz CT molecular complexity index is 281. The quantitative estimate of drug-likeness (QED) is 0.607. The van der Waals surface area contributed by atoms with E-state index >= 15 is 0 Å². The van der Waals surface area contributed by atoms with Gasteiger partial charge in [0.2, 0.25) is 0 Å². The van der Waals surface area contributed by atoms with Gasteiger partial charge >= 0.3 is 0 Å². The summed E-state index contributed by atoms with van der Waals surface area (Å²) in [4.78, 5) is 0.357. The molecule has 0 aliphatic heterocycles. The standard InChI is InChI=1S/C8H12O2S/c1-4-5-6-7-8(2)11(3,9)10/h4-7H,1H2,2-3H3/b6-5-,8-7+. The molecule has 0 spiro atoms. The van der Waals surface area contributed by atoms with Crippen molar-refractivity contribution in [3.63, 3.8) is 0 Å². The van der Waals surface area contributed by atoms with Crippen LogP contribution in [0.2, 0.25) is 0 Å². The predicted molar refractivity (Wildman–Crippen MR) is 47.9 cm³/mol. The summed E-state index contributed by atoms with van der Waals surface area (Å²) in [5.74, 6) is 0. The van der Waals surface area contributed by atoms with Crippen LogP contribution in [0.3, 0.4) is 0 Å². The van der Waals surface area contributed by atoms with Gasteiger partial charge in [-0.25, -0.2) is 8.42 Å². The van der Waals surface area contributed by atoms with Crippen molar-refractivity contribution in [1.82, 2.24) is 0 Å². The van der Waals surface area contributed by atoms with Crippen LogP contribution in [0.1, 0.15) is 6.92 Å². The van der Waals surface area contributed by atoms with E-state index < -0.39 is 9.84 Å². The lowest BCUT2D eigenvalue weighted by Crippen LogP contribution is -1.95. The second kappa shape index (κ2) is 4.13. The van der Waals surface area contributed by atoms with Crippen LogP contribution in [-0.2, 0) is 9.84 Å². The summed E-state index contributed by atoms with van der Waals surface area (Å²) in [7, 11) is -3.01. The molecule has 0 aliphatic rings. The molecule has 11 heavy (non-hydrogen) atoms. The zero-order chi connectivity index (χ0) is 8.91. The third-order valence-electron chi connectivity index (χ3n) is 1.16. The molecule has 0 aromatic rings. The Labute approximate surface area is 67.9 Å². The van der Waals surface area contributed by atoms with E-state index in [1.807, 2.05) is 0 Å². The highest BCUT2D eigenvalue weighted by Gasteiger charge is 2.01. The summed E-state index contributed by atoms with van der Waals surface area (Å²) in [6, 6.07) is 0. The van der Waals surface area contributed by atoms with Crippen LogP contribution in [-0.4, -0.2) is 14.7 Å². The number of hydrogen-bond acceptors (Lipinski definition) is 2. The van der Waals surface area contributed by atoms with Gasteiger partial charge in [-0.2, -0.15) is 0 Å². The molecule has 0 aromatic heterocycles. The van der Waals surface area contributed by atoms with Crippen LogP contribution >= 0.6 is 0 Å². The van der Waals surface area contributed by atoms with E-state index in [-0.39, 0.29) is 0 Å². The van der Waals surface area contributed by atoms with Gasteiger partial charge in [-0.3, -0.25) is 0 Å². The molecule has 0 unspecified atom stereocenters. The van der Waals surface area contributed by atoms with Crippen molar-refractivity contribution in [2.24, 2.45) is 0 Å². The lowest BCUT2D eigenvalue weighted by Gasteiger charge is -1.92. The molecule has 62 valence electrons. The maximum Gasteiger partial charge on any atom is 0.171 e. The molecular weight excluding hydrogens is 160 g/mol. The minimum absolute atomic E-state index is 0.357. The van der Waals surface area contributed by atoms with Crippen LogP contribution in [0.25, 0.3) is 0 Å². The highest BCUT2D eigenvalue weighted by Crippen LogP contribution is 2.01. The van der Waals surface area contributed by atoms with Crippen LogP contribution in [0.15, 0.2) is 35.8 Å². The first kappa shape index (κ1) is 10.2. The van der Waals surface area contributed by atoms with Gasteiger partial charge in [-0.1, -0.05) is 24.8 Å². The summed E-state index contributed by atoms with van der Waals surface area (Å²) >= 11 is 0. The normalized spacial score (nSPS) is 13.8. The molecule has 0 fully saturated rings. The van der Waals surface area contributed by atoms with Crippen molar-refractivity contribution in [3.8, 4) is 0 Å². The van der Waals surface area contributed by atoms with Crippen molar-refractivity contribution in [2.75, 3.05) is 6.26 Å². The van der Waals surface area contributed by atoms with Gasteiger partial charge in [0.15, 0.2) is 9.84 Å². The fourth-order valence-electron chi connectivity index (χ4n) is 0.393. The summed E-state index contributed by atoms with van der Waals surface area (Å²) in [5, 5.41) is 0. The Morgan fingerprint density at radius 3 is 2.27 bits per heavy atom. The predicted octanol–water partition coefficient (Wildman–Crippen LogP) is 1.68. The maximum atomic E-state index is 10.8. The SMILES string of the molecule is C=C/C=C\C=C(/C)S(C)(=O)=O. The van der Waals surface area contributed by atoms with Crippen molar-refractivity contribution in [3.05, 3.63) is 35.8 Å². The summed E-state index contributed by atoms with van der Waals surface area (Å²) < 4.78 is 21.6. The van der Waals surface area contributed by atoms with Crippen LogP contribution in [0.5, 0.6) is 0 Å². The maximum absolute atomic E-state index is 10.8. The molecule has 2 nitrogen and oxygen atoms in total. The van der Waals surface area contributed by atoms with Crippen molar-refractivity contribution in [2.45, 2.75) is 6.92 Å². The average Bonchev–Trinajstić information content (AvgIpc) is 1.86. The molecule has 0 heterocycles. The van der Waals surface area contributed by atoms with Gasteiger partial charge in [0.1, 0.15) is 0 Å². The zero-order valence-electron chi connectivity index (χ0n) is 6.74. The molecule has 0 N–H and O–H groups in total. The van der Waals surface area contributed by atoms with Gasteiger partial charge < -0.3 is 0 Å². The zero-order valence-corrected chi connectivity index (χ0v) is 7.56. The molecule has 0 saturated heterocycles. The number of rotatable bonds is 3. The van der Waals surface area contributed by atoms with E-state index in [0.29, 0.717) is 4.91 Å². The molecule has 0 bridgehead atoms. The number of sulfone groups is 1. The van der Waals surface area contributed by atoms with Gasteiger partial charge in [-0.05, 0) is 13.0 Å². The molecule has 3 heteroatoms. The molecule has 0 saturated carbocycles. The van der Waals surface area contributed by atoms with E-state index in [1.54, 1.807) is 25.2 Å². The van der Waals surface area contributed by atoms with Crippen LogP contribution in [0, 0.1) is 0 Å². The minimum Gasteiger partial charge on any atom is -0.224 e. The Morgan fingerprint density at radius 1 is 1.36 bits per heavy atom. The smallest absolute Gasteiger partial charge is 0.171 e. The van der Waals surface area contributed by atoms with E-state index in [4.69, 9.17) is 0 Å².